The summed E-state index contributed by atoms with van der Waals surface area (Å²) in [4.78, 5) is 49.5. The number of nitriles is 1. The molecule has 0 saturated carbocycles. The number of hydrogen-bond acceptors (Lipinski definition) is 6. The molecule has 194 valence electrons. The van der Waals surface area contributed by atoms with Gasteiger partial charge in [-0.15, -0.1) is 12.4 Å². The highest BCUT2D eigenvalue weighted by molar-refractivity contribution is 6.10. The molecule has 0 aliphatic carbocycles. The van der Waals surface area contributed by atoms with E-state index in [1.807, 2.05) is 12.1 Å². The fourth-order valence-electron chi connectivity index (χ4n) is 4.27. The van der Waals surface area contributed by atoms with Gasteiger partial charge in [-0.1, -0.05) is 24.3 Å². The van der Waals surface area contributed by atoms with E-state index in [0.29, 0.717) is 28.2 Å². The van der Waals surface area contributed by atoms with Crippen LogP contribution in [0.15, 0.2) is 91.4 Å². The van der Waals surface area contributed by atoms with E-state index < -0.39 is 6.04 Å². The first kappa shape index (κ1) is 27.0. The van der Waals surface area contributed by atoms with Crippen LogP contribution in [0, 0.1) is 11.3 Å². The average Bonchev–Trinajstić information content (AvgIpc) is 3.04. The Bertz CT molecular complexity index is 1540. The average molecular weight is 539 g/mol. The number of anilines is 2. The Labute approximate surface area is 230 Å². The van der Waals surface area contributed by atoms with Crippen molar-refractivity contribution in [1.29, 1.82) is 5.26 Å². The van der Waals surface area contributed by atoms with Gasteiger partial charge < -0.3 is 15.5 Å². The van der Waals surface area contributed by atoms with E-state index in [9.17, 15) is 19.6 Å². The normalized spacial score (nSPS) is 14.2. The van der Waals surface area contributed by atoms with Crippen molar-refractivity contribution in [2.75, 3.05) is 10.6 Å². The van der Waals surface area contributed by atoms with Crippen molar-refractivity contribution in [2.45, 2.75) is 19.0 Å². The van der Waals surface area contributed by atoms with E-state index in [2.05, 4.69) is 20.6 Å². The maximum absolute atomic E-state index is 13.7. The van der Waals surface area contributed by atoms with Crippen molar-refractivity contribution in [2.24, 2.45) is 0 Å². The third kappa shape index (κ3) is 6.09. The summed E-state index contributed by atoms with van der Waals surface area (Å²) in [5.74, 6) is -0.563. The van der Waals surface area contributed by atoms with Gasteiger partial charge >= 0.3 is 0 Å². The van der Waals surface area contributed by atoms with Crippen molar-refractivity contribution in [3.8, 4) is 6.07 Å². The SMILES string of the molecule is Cl.N#Cc1ccc2c(c1)NC(=O)C(Cc1cccnc1)N(Cc1ccc(C(=O)Nc3ccccn3)cc1)C2=O. The number of nitrogens with zero attached hydrogens (tertiary/aromatic N) is 4. The molecule has 39 heavy (non-hydrogen) atoms. The van der Waals surface area contributed by atoms with Gasteiger partial charge in [0.05, 0.1) is 22.9 Å². The third-order valence-electron chi connectivity index (χ3n) is 6.20. The summed E-state index contributed by atoms with van der Waals surface area (Å²) in [7, 11) is 0. The molecule has 0 fully saturated rings. The number of hydrogen-bond donors (Lipinski definition) is 2. The summed E-state index contributed by atoms with van der Waals surface area (Å²) in [6.45, 7) is 0.138. The first-order valence-electron chi connectivity index (χ1n) is 11.9. The van der Waals surface area contributed by atoms with Crippen LogP contribution in [0.5, 0.6) is 0 Å². The Kier molecular flexibility index (Phi) is 8.29. The zero-order valence-corrected chi connectivity index (χ0v) is 21.4. The van der Waals surface area contributed by atoms with Crippen LogP contribution in [-0.4, -0.2) is 38.6 Å². The molecule has 0 radical (unpaired) electrons. The number of fused-ring (bicyclic) bond motifs is 1. The number of benzene rings is 2. The lowest BCUT2D eigenvalue weighted by Crippen LogP contribution is -2.46. The molecule has 1 aliphatic rings. The first-order valence-corrected chi connectivity index (χ1v) is 11.9. The molecule has 0 spiro atoms. The molecule has 1 aliphatic heterocycles. The van der Waals surface area contributed by atoms with Gasteiger partial charge in [0.25, 0.3) is 11.8 Å². The van der Waals surface area contributed by atoms with Gasteiger partial charge in [-0.3, -0.25) is 19.4 Å². The lowest BCUT2D eigenvalue weighted by atomic mass is 10.0. The van der Waals surface area contributed by atoms with E-state index in [0.717, 1.165) is 11.1 Å². The maximum atomic E-state index is 13.7. The number of carbonyl (C=O) groups excluding carboxylic acids is 3. The molecule has 0 bridgehead atoms. The summed E-state index contributed by atoms with van der Waals surface area (Å²) in [5.41, 5.74) is 2.93. The minimum atomic E-state index is -0.822. The molecule has 1 atom stereocenters. The fourth-order valence-corrected chi connectivity index (χ4v) is 4.27. The number of rotatable bonds is 6. The summed E-state index contributed by atoms with van der Waals surface area (Å²) >= 11 is 0. The molecular weight excluding hydrogens is 516 g/mol. The lowest BCUT2D eigenvalue weighted by molar-refractivity contribution is -0.120. The monoisotopic (exact) mass is 538 g/mol. The predicted octanol–water partition coefficient (Wildman–Crippen LogP) is 4.23. The highest BCUT2D eigenvalue weighted by Crippen LogP contribution is 2.27. The van der Waals surface area contributed by atoms with Gasteiger partial charge in [-0.2, -0.15) is 5.26 Å². The summed E-state index contributed by atoms with van der Waals surface area (Å²) in [6, 6.07) is 21.5. The molecule has 2 N–H and O–H groups in total. The molecule has 1 unspecified atom stereocenters. The van der Waals surface area contributed by atoms with E-state index in [4.69, 9.17) is 0 Å². The van der Waals surface area contributed by atoms with E-state index >= 15 is 0 Å². The Morgan fingerprint density at radius 3 is 2.51 bits per heavy atom. The molecule has 9 nitrogen and oxygen atoms in total. The summed E-state index contributed by atoms with van der Waals surface area (Å²) in [5, 5.41) is 14.8. The highest BCUT2D eigenvalue weighted by atomic mass is 35.5. The second-order valence-corrected chi connectivity index (χ2v) is 8.74. The number of nitrogens with one attached hydrogen (secondary N) is 2. The van der Waals surface area contributed by atoms with E-state index in [1.165, 1.54) is 11.0 Å². The smallest absolute Gasteiger partial charge is 0.256 e. The fraction of sp³-hybridized carbons (Fsp3) is 0.103. The number of amides is 3. The summed E-state index contributed by atoms with van der Waals surface area (Å²) < 4.78 is 0. The van der Waals surface area contributed by atoms with Crippen LogP contribution in [0.25, 0.3) is 0 Å². The Morgan fingerprint density at radius 2 is 1.82 bits per heavy atom. The van der Waals surface area contributed by atoms with Crippen LogP contribution in [-0.2, 0) is 17.8 Å². The van der Waals surface area contributed by atoms with Crippen molar-refractivity contribution >= 4 is 41.6 Å². The number of aromatic nitrogens is 2. The van der Waals surface area contributed by atoms with Crippen molar-refractivity contribution in [1.82, 2.24) is 14.9 Å². The van der Waals surface area contributed by atoms with Crippen LogP contribution in [0.2, 0.25) is 0 Å². The van der Waals surface area contributed by atoms with Crippen LogP contribution >= 0.6 is 12.4 Å². The third-order valence-corrected chi connectivity index (χ3v) is 6.20. The van der Waals surface area contributed by atoms with Crippen LogP contribution in [0.4, 0.5) is 11.5 Å². The Hall–Kier alpha value is -5.07. The molecule has 4 aromatic rings. The van der Waals surface area contributed by atoms with Crippen molar-refractivity contribution in [3.63, 3.8) is 0 Å². The molecule has 3 heterocycles. The molecule has 5 rings (SSSR count). The second kappa shape index (κ2) is 12.0. The zero-order chi connectivity index (χ0) is 26.5. The Balaban J connectivity index is 0.00000353. The predicted molar refractivity (Wildman–Crippen MR) is 147 cm³/mol. The minimum Gasteiger partial charge on any atom is -0.323 e. The molecule has 2 aromatic carbocycles. The van der Waals surface area contributed by atoms with Crippen LogP contribution in [0.3, 0.4) is 0 Å². The zero-order valence-electron chi connectivity index (χ0n) is 20.6. The highest BCUT2D eigenvalue weighted by Gasteiger charge is 2.35. The topological polar surface area (TPSA) is 128 Å². The van der Waals surface area contributed by atoms with Gasteiger partial charge in [0.15, 0.2) is 0 Å². The van der Waals surface area contributed by atoms with Gasteiger partial charge in [-0.25, -0.2) is 4.98 Å². The molecule has 2 aromatic heterocycles. The van der Waals surface area contributed by atoms with Crippen LogP contribution in [0.1, 0.15) is 37.4 Å². The van der Waals surface area contributed by atoms with Gasteiger partial charge in [0.2, 0.25) is 5.91 Å². The van der Waals surface area contributed by atoms with Gasteiger partial charge in [0.1, 0.15) is 11.9 Å². The number of halogens is 1. The molecular formula is C29H23ClN6O3. The quantitative estimate of drug-likeness (QED) is 0.378. The lowest BCUT2D eigenvalue weighted by Gasteiger charge is -2.29. The molecule has 10 heteroatoms. The van der Waals surface area contributed by atoms with E-state index in [-0.39, 0.29) is 43.1 Å². The van der Waals surface area contributed by atoms with Crippen LogP contribution < -0.4 is 10.6 Å². The summed E-state index contributed by atoms with van der Waals surface area (Å²) in [6.07, 6.45) is 5.16. The van der Waals surface area contributed by atoms with Crippen molar-refractivity contribution < 1.29 is 14.4 Å². The number of pyridine rings is 2. The van der Waals surface area contributed by atoms with Gasteiger partial charge in [-0.05, 0) is 59.7 Å². The van der Waals surface area contributed by atoms with E-state index in [1.54, 1.807) is 79.3 Å². The number of carbonyl (C=O) groups is 3. The van der Waals surface area contributed by atoms with Gasteiger partial charge in [0, 0.05) is 37.1 Å². The standard InChI is InChI=1S/C29H22N6O3.ClH/c30-16-20-8-11-23-24(14-20)33-28(37)25(15-21-4-3-12-31-17-21)35(29(23)38)18-19-6-9-22(10-7-19)27(36)34-26-5-1-2-13-32-26;/h1-14,17,25H,15,18H2,(H,33,37)(H,32,34,36);1H. The van der Waals surface area contributed by atoms with Crippen molar-refractivity contribution in [3.05, 3.63) is 119 Å². The largest absolute Gasteiger partial charge is 0.323 e. The first-order chi connectivity index (χ1) is 18.5. The minimum absolute atomic E-state index is 0. The molecule has 0 saturated heterocycles. The maximum Gasteiger partial charge on any atom is 0.256 e. The Morgan fingerprint density at radius 1 is 1.00 bits per heavy atom. The second-order valence-electron chi connectivity index (χ2n) is 8.74. The molecule has 3 amide bonds.